The molecule has 5 aromatic carbocycles. The summed E-state index contributed by atoms with van der Waals surface area (Å²) in [6.07, 6.45) is 10.9. The van der Waals surface area contributed by atoms with Crippen molar-refractivity contribution in [1.82, 2.24) is 9.27 Å². The molecule has 5 aliphatic rings. The minimum absolute atomic E-state index is 0.0326. The van der Waals surface area contributed by atoms with Gasteiger partial charge in [0.05, 0.1) is 11.4 Å². The van der Waals surface area contributed by atoms with Crippen molar-refractivity contribution in [2.75, 3.05) is 0 Å². The second-order valence-corrected chi connectivity index (χ2v) is 18.5. The summed E-state index contributed by atoms with van der Waals surface area (Å²) in [6, 6.07) is 30.4. The minimum Gasteiger partial charge on any atom is -0.281 e. The molecule has 2 saturated carbocycles. The van der Waals surface area contributed by atoms with E-state index in [0.29, 0.717) is 17.4 Å². The molecule has 2 aliphatic heterocycles. The summed E-state index contributed by atoms with van der Waals surface area (Å²) in [6.45, 7) is 17.7. The van der Waals surface area contributed by atoms with E-state index in [1.54, 1.807) is 0 Å². The molecular weight excluding hydrogens is 679 g/mol. The van der Waals surface area contributed by atoms with Crippen LogP contribution in [0.4, 0.5) is 0 Å². The number of rotatable bonds is 4. The van der Waals surface area contributed by atoms with Gasteiger partial charge in [0.2, 0.25) is 0 Å². The molecular formula is C52H57BN2O. The molecule has 2 spiro atoms. The van der Waals surface area contributed by atoms with E-state index < -0.39 is 0 Å². The highest BCUT2D eigenvalue weighted by Crippen LogP contribution is 2.62. The molecule has 0 amide bonds. The van der Waals surface area contributed by atoms with Crippen LogP contribution in [0.25, 0.3) is 49.8 Å². The van der Waals surface area contributed by atoms with Crippen LogP contribution in [0.5, 0.6) is 0 Å². The fourth-order valence-corrected chi connectivity index (χ4v) is 12.8. The van der Waals surface area contributed by atoms with Crippen molar-refractivity contribution in [2.24, 2.45) is 0 Å². The molecule has 1 aromatic heterocycles. The van der Waals surface area contributed by atoms with Crippen molar-refractivity contribution in [2.45, 2.75) is 136 Å². The first kappa shape index (κ1) is 35.8. The summed E-state index contributed by atoms with van der Waals surface area (Å²) in [5.74, 6) is 0.774. The van der Waals surface area contributed by atoms with Gasteiger partial charge in [-0.1, -0.05) is 134 Å². The Morgan fingerprint density at radius 1 is 0.661 bits per heavy atom. The summed E-state index contributed by atoms with van der Waals surface area (Å²) in [5.41, 5.74) is 20.2. The van der Waals surface area contributed by atoms with Crippen LogP contribution in [-0.4, -0.2) is 16.1 Å². The summed E-state index contributed by atoms with van der Waals surface area (Å²) in [5, 5.41) is 2.60. The Morgan fingerprint density at radius 3 is 1.91 bits per heavy atom. The second-order valence-electron chi connectivity index (χ2n) is 18.5. The van der Waals surface area contributed by atoms with Crippen LogP contribution in [0.1, 0.15) is 145 Å². The van der Waals surface area contributed by atoms with Gasteiger partial charge in [-0.15, -0.1) is 0 Å². The fourth-order valence-electron chi connectivity index (χ4n) is 12.8. The molecule has 0 unspecified atom stereocenters. The van der Waals surface area contributed by atoms with Crippen LogP contribution in [0.3, 0.4) is 0 Å². The molecule has 4 heteroatoms. The van der Waals surface area contributed by atoms with Gasteiger partial charge in [0.25, 0.3) is 5.56 Å². The van der Waals surface area contributed by atoms with E-state index in [0.717, 1.165) is 0 Å². The molecule has 0 atom stereocenters. The topological polar surface area (TPSA) is 26.9 Å². The zero-order valence-corrected chi connectivity index (χ0v) is 34.9. The lowest BCUT2D eigenvalue weighted by molar-refractivity contribution is 0.311. The van der Waals surface area contributed by atoms with Crippen LogP contribution >= 0.6 is 0 Å². The van der Waals surface area contributed by atoms with Gasteiger partial charge in [0, 0.05) is 16.4 Å². The summed E-state index contributed by atoms with van der Waals surface area (Å²) >= 11 is 0. The van der Waals surface area contributed by atoms with E-state index >= 15 is 4.79 Å². The van der Waals surface area contributed by atoms with E-state index in [1.807, 2.05) is 13.8 Å². The molecule has 2 fully saturated rings. The number of hydrogen-bond donors (Lipinski definition) is 0. The maximum absolute atomic E-state index is 15.6. The first-order valence-electron chi connectivity index (χ1n) is 22.0. The smallest absolute Gasteiger partial charge is 0.281 e. The van der Waals surface area contributed by atoms with Gasteiger partial charge < -0.3 is 0 Å². The predicted molar refractivity (Wildman–Crippen MR) is 238 cm³/mol. The third-order valence-corrected chi connectivity index (χ3v) is 14.9. The fraction of sp³-hybridized carbons (Fsp3) is 0.404. The highest BCUT2D eigenvalue weighted by Gasteiger charge is 2.60. The molecule has 0 saturated heterocycles. The van der Waals surface area contributed by atoms with Crippen molar-refractivity contribution >= 4 is 28.5 Å². The van der Waals surface area contributed by atoms with Gasteiger partial charge in [-0.05, 0) is 147 Å². The van der Waals surface area contributed by atoms with Crippen LogP contribution in [-0.2, 0) is 10.8 Å². The van der Waals surface area contributed by atoms with Crippen LogP contribution in [0.15, 0.2) is 83.7 Å². The maximum atomic E-state index is 15.6. The minimum atomic E-state index is -0.145. The van der Waals surface area contributed by atoms with Crippen molar-refractivity contribution < 1.29 is 0 Å². The zero-order valence-electron chi connectivity index (χ0n) is 34.9. The Kier molecular flexibility index (Phi) is 8.14. The van der Waals surface area contributed by atoms with Crippen molar-refractivity contribution in [1.29, 1.82) is 0 Å². The highest BCUT2D eigenvalue weighted by molar-refractivity contribution is 6.89. The molecule has 0 N–H and O–H groups in total. The van der Waals surface area contributed by atoms with Gasteiger partial charge >= 0.3 is 6.85 Å². The quantitative estimate of drug-likeness (QED) is 0.165. The standard InChI is InChI=1S/C50H51BN2O.C2H6/c1-29(2)34-16-12-17-35(30(3)4)43(34)33-26-39-37-19-13-18-36-38(42-31(5)14-11-15-32(42)6)20-21-40(44(36)37)51-46(39)41(27-33)52-47-45(48(54)53(51)52)49(22-7-8-23-49)28-50(47)24-9-10-25-50;1-2/h11-21,26-27,29-30H,7-10,22-25,28H2,1-6H3;1-2H3. The van der Waals surface area contributed by atoms with E-state index in [4.69, 9.17) is 0 Å². The molecule has 6 aromatic rings. The van der Waals surface area contributed by atoms with Crippen LogP contribution in [0.2, 0.25) is 0 Å². The average molecular weight is 737 g/mol. The maximum Gasteiger partial charge on any atom is 0.354 e. The molecule has 3 nitrogen and oxygen atoms in total. The Morgan fingerprint density at radius 2 is 1.27 bits per heavy atom. The lowest BCUT2D eigenvalue weighted by atomic mass is 9.46. The van der Waals surface area contributed by atoms with E-state index in [-0.39, 0.29) is 17.7 Å². The van der Waals surface area contributed by atoms with Crippen molar-refractivity contribution in [3.63, 3.8) is 0 Å². The second kappa shape index (κ2) is 12.7. The van der Waals surface area contributed by atoms with E-state index in [9.17, 15) is 0 Å². The lowest BCUT2D eigenvalue weighted by Gasteiger charge is -2.30. The predicted octanol–water partition coefficient (Wildman–Crippen LogP) is 12.0. The first-order chi connectivity index (χ1) is 27.1. The SMILES string of the molecule is CC.Cc1cccc(C)c1-c1ccc2c3c(cccc13)-c1cc(-c3c(C(C)C)cccc3C(C)C)cc3c1B2n1c(=O)c2c(n1-3)C1(CCCC1)CC21CCCC1. The number of aromatic nitrogens is 2. The molecule has 0 radical (unpaired) electrons. The van der Waals surface area contributed by atoms with Gasteiger partial charge in [0.1, 0.15) is 0 Å². The van der Waals surface area contributed by atoms with Gasteiger partial charge in [-0.3, -0.25) is 14.1 Å². The number of hydrogen-bond acceptors (Lipinski definition) is 1. The van der Waals surface area contributed by atoms with Gasteiger partial charge in [-0.25, -0.2) is 0 Å². The number of aryl methyl sites for hydroxylation is 2. The van der Waals surface area contributed by atoms with Crippen LogP contribution < -0.4 is 16.5 Å². The molecule has 0 bridgehead atoms. The summed E-state index contributed by atoms with van der Waals surface area (Å²) < 4.78 is 4.83. The van der Waals surface area contributed by atoms with Crippen molar-refractivity contribution in [3.8, 4) is 39.1 Å². The number of benzene rings is 5. The Bertz CT molecular complexity index is 2610. The van der Waals surface area contributed by atoms with Crippen molar-refractivity contribution in [3.05, 3.63) is 123 Å². The molecule has 11 rings (SSSR count). The molecule has 3 aliphatic carbocycles. The highest BCUT2D eigenvalue weighted by atomic mass is 16.1. The van der Waals surface area contributed by atoms with E-state index in [1.165, 1.54) is 152 Å². The van der Waals surface area contributed by atoms with E-state index in [2.05, 4.69) is 130 Å². The average Bonchev–Trinajstić information content (AvgIpc) is 4.03. The monoisotopic (exact) mass is 736 g/mol. The molecule has 3 heterocycles. The third-order valence-electron chi connectivity index (χ3n) is 14.9. The number of fused-ring (bicyclic) bond motifs is 9. The molecule has 284 valence electrons. The van der Waals surface area contributed by atoms with Gasteiger partial charge in [0.15, 0.2) is 0 Å². The Hall–Kier alpha value is -4.57. The zero-order chi connectivity index (χ0) is 38.8. The van der Waals surface area contributed by atoms with Crippen LogP contribution in [0, 0.1) is 13.8 Å². The first-order valence-corrected chi connectivity index (χ1v) is 22.0. The number of nitrogens with zero attached hydrogens (tertiary/aromatic N) is 2. The lowest BCUT2D eigenvalue weighted by Crippen LogP contribution is -2.53. The third kappa shape index (κ3) is 4.62. The molecule has 56 heavy (non-hydrogen) atoms. The Labute approximate surface area is 334 Å². The summed E-state index contributed by atoms with van der Waals surface area (Å²) in [7, 11) is 0. The van der Waals surface area contributed by atoms with Gasteiger partial charge in [-0.2, -0.15) is 0 Å². The Balaban J connectivity index is 0.00000189. The normalized spacial score (nSPS) is 17.6. The largest absolute Gasteiger partial charge is 0.354 e. The summed E-state index contributed by atoms with van der Waals surface area (Å²) in [4.78, 5) is 15.6.